The molecular formula is C15H30N2. The van der Waals surface area contributed by atoms with Crippen molar-refractivity contribution in [2.45, 2.75) is 64.5 Å². The molecule has 2 aliphatic rings. The van der Waals surface area contributed by atoms with Crippen LogP contribution in [0.3, 0.4) is 0 Å². The Bertz CT molecular complexity index is 213. The average molecular weight is 238 g/mol. The van der Waals surface area contributed by atoms with Crippen LogP contribution < -0.4 is 5.32 Å². The Morgan fingerprint density at radius 3 is 2.35 bits per heavy atom. The minimum Gasteiger partial charge on any atom is -0.313 e. The summed E-state index contributed by atoms with van der Waals surface area (Å²) in [4.78, 5) is 2.63. The van der Waals surface area contributed by atoms with Gasteiger partial charge in [-0.2, -0.15) is 0 Å². The summed E-state index contributed by atoms with van der Waals surface area (Å²) in [5.41, 5.74) is 0. The summed E-state index contributed by atoms with van der Waals surface area (Å²) in [6.07, 6.45) is 8.43. The number of nitrogens with one attached hydrogen (secondary N) is 1. The molecule has 0 spiro atoms. The fourth-order valence-corrected chi connectivity index (χ4v) is 3.84. The molecule has 0 bridgehead atoms. The number of likely N-dealkylation sites (N-methyl/N-ethyl adjacent to an activating group) is 1. The van der Waals surface area contributed by atoms with Crippen LogP contribution in [-0.4, -0.2) is 37.1 Å². The number of hydrogen-bond donors (Lipinski definition) is 1. The number of hydrogen-bond acceptors (Lipinski definition) is 2. The van der Waals surface area contributed by atoms with Crippen LogP contribution in [0.25, 0.3) is 0 Å². The monoisotopic (exact) mass is 238 g/mol. The lowest BCUT2D eigenvalue weighted by Gasteiger charge is -2.39. The first-order valence-corrected chi connectivity index (χ1v) is 7.58. The van der Waals surface area contributed by atoms with Gasteiger partial charge >= 0.3 is 0 Å². The highest BCUT2D eigenvalue weighted by atomic mass is 15.2. The van der Waals surface area contributed by atoms with Crippen LogP contribution in [0.15, 0.2) is 0 Å². The Morgan fingerprint density at radius 2 is 1.76 bits per heavy atom. The normalized spacial score (nSPS) is 39.5. The maximum atomic E-state index is 3.67. The van der Waals surface area contributed by atoms with E-state index in [1.54, 1.807) is 0 Å². The maximum absolute atomic E-state index is 3.67. The molecule has 0 aromatic rings. The van der Waals surface area contributed by atoms with Gasteiger partial charge in [-0.05, 0) is 57.5 Å². The zero-order valence-electron chi connectivity index (χ0n) is 11.9. The molecule has 0 amide bonds. The SMILES string of the molecule is CC1CC(C)CC(N(C)CC2CCCCN2)C1. The van der Waals surface area contributed by atoms with E-state index in [4.69, 9.17) is 0 Å². The molecule has 0 aromatic heterocycles. The average Bonchev–Trinajstić information content (AvgIpc) is 2.29. The van der Waals surface area contributed by atoms with Crippen LogP contribution in [0.5, 0.6) is 0 Å². The highest BCUT2D eigenvalue weighted by molar-refractivity contribution is 4.83. The molecule has 100 valence electrons. The highest BCUT2D eigenvalue weighted by Gasteiger charge is 2.27. The lowest BCUT2D eigenvalue weighted by atomic mass is 9.80. The van der Waals surface area contributed by atoms with E-state index in [1.165, 1.54) is 51.6 Å². The third-order valence-electron chi connectivity index (χ3n) is 4.70. The van der Waals surface area contributed by atoms with Crippen LogP contribution in [0.2, 0.25) is 0 Å². The zero-order chi connectivity index (χ0) is 12.3. The largest absolute Gasteiger partial charge is 0.313 e. The molecule has 2 fully saturated rings. The summed E-state index contributed by atoms with van der Waals surface area (Å²) in [6.45, 7) is 7.34. The van der Waals surface area contributed by atoms with E-state index in [0.29, 0.717) is 0 Å². The van der Waals surface area contributed by atoms with E-state index in [2.05, 4.69) is 31.1 Å². The molecule has 1 aliphatic heterocycles. The predicted octanol–water partition coefficient (Wildman–Crippen LogP) is 2.89. The molecule has 1 aliphatic carbocycles. The van der Waals surface area contributed by atoms with E-state index in [-0.39, 0.29) is 0 Å². The summed E-state index contributed by atoms with van der Waals surface area (Å²) in [7, 11) is 2.34. The van der Waals surface area contributed by atoms with E-state index in [0.717, 1.165) is 23.9 Å². The van der Waals surface area contributed by atoms with Gasteiger partial charge in [0.05, 0.1) is 0 Å². The number of rotatable bonds is 3. The topological polar surface area (TPSA) is 15.3 Å². The van der Waals surface area contributed by atoms with Gasteiger partial charge < -0.3 is 10.2 Å². The molecule has 2 nitrogen and oxygen atoms in total. The lowest BCUT2D eigenvalue weighted by molar-refractivity contribution is 0.119. The van der Waals surface area contributed by atoms with Gasteiger partial charge in [-0.1, -0.05) is 20.3 Å². The summed E-state index contributed by atoms with van der Waals surface area (Å²) in [6, 6.07) is 1.58. The Kier molecular flexibility index (Phi) is 4.87. The van der Waals surface area contributed by atoms with Crippen molar-refractivity contribution in [3.8, 4) is 0 Å². The molecule has 1 N–H and O–H groups in total. The molecule has 1 heterocycles. The minimum absolute atomic E-state index is 0.751. The van der Waals surface area contributed by atoms with Crippen molar-refractivity contribution < 1.29 is 0 Å². The van der Waals surface area contributed by atoms with Gasteiger partial charge in [0, 0.05) is 18.6 Å². The van der Waals surface area contributed by atoms with Crippen molar-refractivity contribution in [2.75, 3.05) is 20.1 Å². The van der Waals surface area contributed by atoms with Gasteiger partial charge in [0.1, 0.15) is 0 Å². The Labute approximate surface area is 107 Å². The minimum atomic E-state index is 0.751. The summed E-state index contributed by atoms with van der Waals surface area (Å²) >= 11 is 0. The quantitative estimate of drug-likeness (QED) is 0.813. The van der Waals surface area contributed by atoms with E-state index >= 15 is 0 Å². The summed E-state index contributed by atoms with van der Waals surface area (Å²) in [5, 5.41) is 3.67. The van der Waals surface area contributed by atoms with Crippen molar-refractivity contribution in [3.05, 3.63) is 0 Å². The Hall–Kier alpha value is -0.0800. The molecule has 3 unspecified atom stereocenters. The molecule has 17 heavy (non-hydrogen) atoms. The second-order valence-corrected chi connectivity index (χ2v) is 6.66. The first kappa shape index (κ1) is 13.4. The first-order valence-electron chi connectivity index (χ1n) is 7.58. The van der Waals surface area contributed by atoms with Crippen LogP contribution in [0, 0.1) is 11.8 Å². The molecule has 1 saturated carbocycles. The van der Waals surface area contributed by atoms with Crippen molar-refractivity contribution in [3.63, 3.8) is 0 Å². The second-order valence-electron chi connectivity index (χ2n) is 6.66. The number of piperidine rings is 1. The molecule has 0 radical (unpaired) electrons. The summed E-state index contributed by atoms with van der Waals surface area (Å²) in [5.74, 6) is 1.84. The molecule has 2 rings (SSSR count). The smallest absolute Gasteiger partial charge is 0.0195 e. The molecule has 1 saturated heterocycles. The van der Waals surface area contributed by atoms with Crippen molar-refractivity contribution in [1.29, 1.82) is 0 Å². The lowest BCUT2D eigenvalue weighted by Crippen LogP contribution is -2.47. The van der Waals surface area contributed by atoms with Crippen molar-refractivity contribution >= 4 is 0 Å². The van der Waals surface area contributed by atoms with Crippen LogP contribution >= 0.6 is 0 Å². The Morgan fingerprint density at radius 1 is 1.06 bits per heavy atom. The second kappa shape index (κ2) is 6.19. The van der Waals surface area contributed by atoms with Crippen molar-refractivity contribution in [1.82, 2.24) is 10.2 Å². The molecule has 0 aromatic carbocycles. The third kappa shape index (κ3) is 3.96. The van der Waals surface area contributed by atoms with Gasteiger partial charge in [0.25, 0.3) is 0 Å². The molecular weight excluding hydrogens is 208 g/mol. The van der Waals surface area contributed by atoms with E-state index < -0.39 is 0 Å². The Balaban J connectivity index is 1.79. The van der Waals surface area contributed by atoms with Gasteiger partial charge in [0.15, 0.2) is 0 Å². The van der Waals surface area contributed by atoms with Crippen LogP contribution in [0.4, 0.5) is 0 Å². The van der Waals surface area contributed by atoms with Gasteiger partial charge in [0.2, 0.25) is 0 Å². The predicted molar refractivity (Wildman–Crippen MR) is 74.2 cm³/mol. The molecule has 3 atom stereocenters. The van der Waals surface area contributed by atoms with Crippen molar-refractivity contribution in [2.24, 2.45) is 11.8 Å². The van der Waals surface area contributed by atoms with Gasteiger partial charge in [-0.15, -0.1) is 0 Å². The third-order valence-corrected chi connectivity index (χ3v) is 4.70. The number of nitrogens with zero attached hydrogens (tertiary/aromatic N) is 1. The first-order chi connectivity index (χ1) is 8.15. The summed E-state index contributed by atoms with van der Waals surface area (Å²) < 4.78 is 0. The fraction of sp³-hybridized carbons (Fsp3) is 1.00. The molecule has 2 heteroatoms. The van der Waals surface area contributed by atoms with Gasteiger partial charge in [-0.25, -0.2) is 0 Å². The fourth-order valence-electron chi connectivity index (χ4n) is 3.84. The maximum Gasteiger partial charge on any atom is 0.0195 e. The standard InChI is InChI=1S/C15H30N2/c1-12-8-13(2)10-15(9-12)17(3)11-14-6-4-5-7-16-14/h12-16H,4-11H2,1-3H3. The van der Waals surface area contributed by atoms with Gasteiger partial charge in [-0.3, -0.25) is 0 Å². The zero-order valence-corrected chi connectivity index (χ0v) is 11.9. The van der Waals surface area contributed by atoms with Crippen LogP contribution in [-0.2, 0) is 0 Å². The van der Waals surface area contributed by atoms with E-state index in [1.807, 2.05) is 0 Å². The van der Waals surface area contributed by atoms with Crippen LogP contribution in [0.1, 0.15) is 52.4 Å². The van der Waals surface area contributed by atoms with E-state index in [9.17, 15) is 0 Å². The highest BCUT2D eigenvalue weighted by Crippen LogP contribution is 2.31.